The van der Waals surface area contributed by atoms with E-state index in [9.17, 15) is 9.18 Å². The second-order valence-corrected chi connectivity index (χ2v) is 6.02. The summed E-state index contributed by atoms with van der Waals surface area (Å²) in [5.41, 5.74) is 1.24. The molecule has 7 heteroatoms. The van der Waals surface area contributed by atoms with Crippen LogP contribution in [-0.2, 0) is 0 Å². The summed E-state index contributed by atoms with van der Waals surface area (Å²) in [6, 6.07) is 14.4. The summed E-state index contributed by atoms with van der Waals surface area (Å²) < 4.78 is 15.0. The molecule has 0 amide bonds. The molecule has 1 N–H and O–H groups in total. The highest BCUT2D eigenvalue weighted by molar-refractivity contribution is 6.30. The average Bonchev–Trinajstić information content (AvgIpc) is 2.65. The number of halogens is 2. The monoisotopic (exact) mass is 366 g/mol. The highest BCUT2D eigenvalue weighted by atomic mass is 35.5. The Labute approximate surface area is 152 Å². The lowest BCUT2D eigenvalue weighted by Gasteiger charge is -2.14. The first-order valence-corrected chi connectivity index (χ1v) is 8.15. The van der Waals surface area contributed by atoms with Crippen LogP contribution in [-0.4, -0.2) is 14.5 Å². The Kier molecular flexibility index (Phi) is 4.10. The number of aromatic nitrogens is 3. The zero-order valence-electron chi connectivity index (χ0n) is 13.4. The van der Waals surface area contributed by atoms with Gasteiger partial charge in [0.05, 0.1) is 22.8 Å². The van der Waals surface area contributed by atoms with Gasteiger partial charge in [-0.2, -0.15) is 0 Å². The maximum atomic E-state index is 13.6. The van der Waals surface area contributed by atoms with Crippen molar-refractivity contribution in [1.29, 1.82) is 0 Å². The molecule has 0 unspecified atom stereocenters. The second-order valence-electron chi connectivity index (χ2n) is 5.58. The molecule has 0 aliphatic heterocycles. The van der Waals surface area contributed by atoms with Gasteiger partial charge in [-0.1, -0.05) is 11.6 Å². The van der Waals surface area contributed by atoms with Gasteiger partial charge in [-0.15, -0.1) is 0 Å². The molecule has 0 radical (unpaired) electrons. The molecule has 2 heterocycles. The Morgan fingerprint density at radius 3 is 2.62 bits per heavy atom. The predicted molar refractivity (Wildman–Crippen MR) is 99.8 cm³/mol. The van der Waals surface area contributed by atoms with Gasteiger partial charge in [-0.25, -0.2) is 13.9 Å². The first-order chi connectivity index (χ1) is 12.6. The zero-order chi connectivity index (χ0) is 18.1. The molecule has 4 rings (SSSR count). The van der Waals surface area contributed by atoms with Gasteiger partial charge < -0.3 is 5.32 Å². The lowest BCUT2D eigenvalue weighted by atomic mass is 10.2. The van der Waals surface area contributed by atoms with Gasteiger partial charge in [-0.3, -0.25) is 9.78 Å². The highest BCUT2D eigenvalue weighted by Gasteiger charge is 2.14. The summed E-state index contributed by atoms with van der Waals surface area (Å²) in [6.07, 6.45) is 3.15. The summed E-state index contributed by atoms with van der Waals surface area (Å²) in [6.45, 7) is 0. The summed E-state index contributed by atoms with van der Waals surface area (Å²) >= 11 is 5.92. The lowest BCUT2D eigenvalue weighted by Crippen LogP contribution is -2.23. The zero-order valence-corrected chi connectivity index (χ0v) is 14.1. The van der Waals surface area contributed by atoms with Crippen LogP contribution in [0.3, 0.4) is 0 Å². The summed E-state index contributed by atoms with van der Waals surface area (Å²) in [5, 5.41) is 3.91. The number of rotatable bonds is 3. The van der Waals surface area contributed by atoms with Crippen molar-refractivity contribution < 1.29 is 4.39 Å². The molecule has 0 aliphatic rings. The molecule has 0 saturated heterocycles. The third kappa shape index (κ3) is 3.02. The quantitative estimate of drug-likeness (QED) is 0.586. The molecule has 2 aromatic heterocycles. The minimum Gasteiger partial charge on any atom is -0.325 e. The minimum atomic E-state index is -0.493. The largest absolute Gasteiger partial charge is 0.325 e. The Hall–Kier alpha value is -3.25. The van der Waals surface area contributed by atoms with Crippen molar-refractivity contribution in [3.05, 3.63) is 88.2 Å². The number of nitrogens with one attached hydrogen (secondary N) is 1. The average molecular weight is 367 g/mol. The first-order valence-electron chi connectivity index (χ1n) is 7.77. The standard InChI is InChI=1S/C19H12ClFN4O/c20-12-3-6-14(7-4-12)23-19-24-17-8-5-13(21)10-16(17)18(26)25(19)15-2-1-9-22-11-15/h1-11H,(H,23,24). The van der Waals surface area contributed by atoms with Crippen molar-refractivity contribution >= 4 is 34.1 Å². The van der Waals surface area contributed by atoms with Crippen molar-refractivity contribution in [2.45, 2.75) is 0 Å². The van der Waals surface area contributed by atoms with Gasteiger partial charge in [0, 0.05) is 16.9 Å². The van der Waals surface area contributed by atoms with Crippen LogP contribution in [0.15, 0.2) is 71.8 Å². The van der Waals surface area contributed by atoms with Gasteiger partial charge in [0.2, 0.25) is 5.95 Å². The Morgan fingerprint density at radius 1 is 1.08 bits per heavy atom. The number of nitrogens with zero attached hydrogens (tertiary/aromatic N) is 3. The lowest BCUT2D eigenvalue weighted by molar-refractivity contribution is 0.629. The van der Waals surface area contributed by atoms with Crippen molar-refractivity contribution in [1.82, 2.24) is 14.5 Å². The fourth-order valence-electron chi connectivity index (χ4n) is 2.63. The van der Waals surface area contributed by atoms with Gasteiger partial charge >= 0.3 is 0 Å². The summed E-state index contributed by atoms with van der Waals surface area (Å²) in [7, 11) is 0. The highest BCUT2D eigenvalue weighted by Crippen LogP contribution is 2.21. The van der Waals surface area contributed by atoms with Gasteiger partial charge in [0.1, 0.15) is 5.82 Å². The molecule has 5 nitrogen and oxygen atoms in total. The molecule has 0 atom stereocenters. The Morgan fingerprint density at radius 2 is 1.88 bits per heavy atom. The molecule has 128 valence electrons. The number of hydrogen-bond donors (Lipinski definition) is 1. The molecular weight excluding hydrogens is 355 g/mol. The van der Waals surface area contributed by atoms with Crippen LogP contribution < -0.4 is 10.9 Å². The first kappa shape index (κ1) is 16.2. The van der Waals surface area contributed by atoms with E-state index in [1.54, 1.807) is 48.8 Å². The number of anilines is 2. The molecule has 0 spiro atoms. The third-order valence-electron chi connectivity index (χ3n) is 3.83. The van der Waals surface area contributed by atoms with E-state index in [2.05, 4.69) is 15.3 Å². The van der Waals surface area contributed by atoms with Crippen LogP contribution in [0, 0.1) is 5.82 Å². The van der Waals surface area contributed by atoms with Crippen LogP contribution in [0.25, 0.3) is 16.6 Å². The van der Waals surface area contributed by atoms with E-state index >= 15 is 0 Å². The topological polar surface area (TPSA) is 59.8 Å². The SMILES string of the molecule is O=c1c2cc(F)ccc2nc(Nc2ccc(Cl)cc2)n1-c1cccnc1. The molecular formula is C19H12ClFN4O. The molecule has 26 heavy (non-hydrogen) atoms. The van der Waals surface area contributed by atoms with E-state index in [-0.39, 0.29) is 10.9 Å². The van der Waals surface area contributed by atoms with Crippen LogP contribution >= 0.6 is 11.6 Å². The van der Waals surface area contributed by atoms with Gasteiger partial charge in [0.25, 0.3) is 5.56 Å². The fraction of sp³-hybridized carbons (Fsp3) is 0. The van der Waals surface area contributed by atoms with Gasteiger partial charge in [-0.05, 0) is 54.6 Å². The third-order valence-corrected chi connectivity index (χ3v) is 4.09. The van der Waals surface area contributed by atoms with E-state index in [1.165, 1.54) is 22.8 Å². The Bertz CT molecular complexity index is 1140. The van der Waals surface area contributed by atoms with E-state index in [1.807, 2.05) is 0 Å². The molecule has 0 saturated carbocycles. The van der Waals surface area contributed by atoms with Crippen LogP contribution in [0.4, 0.5) is 16.0 Å². The smallest absolute Gasteiger partial charge is 0.267 e. The maximum Gasteiger partial charge on any atom is 0.267 e. The number of fused-ring (bicyclic) bond motifs is 1. The number of benzene rings is 2. The van der Waals surface area contributed by atoms with Crippen molar-refractivity contribution in [3.63, 3.8) is 0 Å². The summed E-state index contributed by atoms with van der Waals surface area (Å²) in [5.74, 6) is -0.197. The second kappa shape index (κ2) is 6.57. The number of pyridine rings is 1. The van der Waals surface area contributed by atoms with Crippen molar-refractivity contribution in [3.8, 4) is 5.69 Å². The Balaban J connectivity index is 1.96. The van der Waals surface area contributed by atoms with Crippen LogP contribution in [0.5, 0.6) is 0 Å². The number of hydrogen-bond acceptors (Lipinski definition) is 4. The molecule has 0 aliphatic carbocycles. The van der Waals surface area contributed by atoms with Crippen LogP contribution in [0.2, 0.25) is 5.02 Å². The molecule has 2 aromatic carbocycles. The van der Waals surface area contributed by atoms with E-state index in [0.29, 0.717) is 27.9 Å². The normalized spacial score (nSPS) is 10.8. The van der Waals surface area contributed by atoms with E-state index < -0.39 is 5.82 Å². The minimum absolute atomic E-state index is 0.190. The fourth-order valence-corrected chi connectivity index (χ4v) is 2.76. The van der Waals surface area contributed by atoms with E-state index in [0.717, 1.165) is 0 Å². The molecule has 0 fully saturated rings. The maximum absolute atomic E-state index is 13.6. The molecule has 4 aromatic rings. The van der Waals surface area contributed by atoms with E-state index in [4.69, 9.17) is 11.6 Å². The molecule has 0 bridgehead atoms. The van der Waals surface area contributed by atoms with Gasteiger partial charge in [0.15, 0.2) is 0 Å². The van der Waals surface area contributed by atoms with Crippen molar-refractivity contribution in [2.75, 3.05) is 5.32 Å². The van der Waals surface area contributed by atoms with Crippen LogP contribution in [0.1, 0.15) is 0 Å². The summed E-state index contributed by atoms with van der Waals surface area (Å²) in [4.78, 5) is 21.6. The van der Waals surface area contributed by atoms with Crippen molar-refractivity contribution in [2.24, 2.45) is 0 Å². The predicted octanol–water partition coefficient (Wildman–Crippen LogP) is 4.32.